The van der Waals surface area contributed by atoms with E-state index in [1.165, 1.54) is 28.4 Å². The molecule has 116 valence electrons. The molecule has 0 spiro atoms. The molecule has 0 saturated carbocycles. The molecule has 0 aliphatic carbocycles. The van der Waals surface area contributed by atoms with Crippen molar-refractivity contribution < 1.29 is 16.8 Å². The lowest BCUT2D eigenvalue weighted by Crippen LogP contribution is -2.29. The third-order valence-electron chi connectivity index (χ3n) is 2.03. The van der Waals surface area contributed by atoms with Crippen molar-refractivity contribution in [2.24, 2.45) is 0 Å². The fourth-order valence-electron chi connectivity index (χ4n) is 1.14. The second-order valence-electron chi connectivity index (χ2n) is 3.76. The molecule has 0 radical (unpaired) electrons. The van der Waals surface area contributed by atoms with Crippen LogP contribution in [0.2, 0.25) is 0 Å². The fourth-order valence-corrected chi connectivity index (χ4v) is 3.53. The van der Waals surface area contributed by atoms with Gasteiger partial charge in [0.25, 0.3) is 20.0 Å². The van der Waals surface area contributed by atoms with E-state index in [9.17, 15) is 16.8 Å². The van der Waals surface area contributed by atoms with Gasteiger partial charge in [-0.05, 0) is 54.9 Å². The monoisotopic (exact) mass is 346 g/mol. The number of nitrogens with one attached hydrogen (secondary N) is 1. The van der Waals surface area contributed by atoms with Crippen LogP contribution in [0.1, 0.15) is 6.92 Å². The van der Waals surface area contributed by atoms with Crippen molar-refractivity contribution in [3.8, 4) is 46.7 Å². The van der Waals surface area contributed by atoms with Crippen LogP contribution in [0.3, 0.4) is 0 Å². The quantitative estimate of drug-likeness (QED) is 0.586. The number of hydrogen-bond donors (Lipinski definition) is 2. The van der Waals surface area contributed by atoms with Gasteiger partial charge in [-0.15, -0.1) is 0 Å². The predicted molar refractivity (Wildman–Crippen MR) is 86.9 cm³/mol. The van der Waals surface area contributed by atoms with Gasteiger partial charge in [-0.25, -0.2) is 8.42 Å². The molecule has 0 amide bonds. The number of sulfonamides is 2. The van der Waals surface area contributed by atoms with E-state index in [1.807, 2.05) is 5.92 Å². The first-order valence-electron chi connectivity index (χ1n) is 5.84. The van der Waals surface area contributed by atoms with Gasteiger partial charge in [0.15, 0.2) is 0 Å². The molecular weight excluding hydrogens is 336 g/mol. The van der Waals surface area contributed by atoms with Crippen LogP contribution >= 0.6 is 0 Å². The second kappa shape index (κ2) is 7.94. The van der Waals surface area contributed by atoms with E-state index in [4.69, 9.17) is 5.73 Å². The highest BCUT2D eigenvalue weighted by Gasteiger charge is 2.20. The summed E-state index contributed by atoms with van der Waals surface area (Å²) in [4.78, 5) is -0.257. The maximum atomic E-state index is 11.9. The smallest absolute Gasteiger partial charge is 0.294 e. The Morgan fingerprint density at radius 2 is 1.39 bits per heavy atom. The van der Waals surface area contributed by atoms with Crippen LogP contribution in [0.25, 0.3) is 0 Å². The summed E-state index contributed by atoms with van der Waals surface area (Å²) >= 11 is 0. The van der Waals surface area contributed by atoms with Gasteiger partial charge in [0.05, 0.1) is 10.1 Å². The summed E-state index contributed by atoms with van der Waals surface area (Å²) in [7, 11) is -8.68. The molecule has 1 aromatic carbocycles. The highest BCUT2D eigenvalue weighted by molar-refractivity contribution is 8.07. The maximum absolute atomic E-state index is 11.9. The molecule has 1 aromatic rings. The Labute approximate surface area is 135 Å². The van der Waals surface area contributed by atoms with E-state index in [1.54, 1.807) is 12.2 Å². The topological polar surface area (TPSA) is 106 Å². The van der Waals surface area contributed by atoms with Gasteiger partial charge in [-0.3, -0.25) is 0 Å². The van der Waals surface area contributed by atoms with Crippen LogP contribution in [-0.4, -0.2) is 16.8 Å². The van der Waals surface area contributed by atoms with Crippen molar-refractivity contribution in [3.05, 3.63) is 24.3 Å². The normalized spacial score (nSPS) is 9.61. The Balaban J connectivity index is 2.93. The van der Waals surface area contributed by atoms with Crippen molar-refractivity contribution >= 4 is 25.7 Å². The standard InChI is InChI=1S/C15H10N2O4S2/c1-2-3-4-5-6-7-8-13-22(18,19)17-23(20,21)15-11-9-14(16)10-12-15/h9-12,17H,16H2,1H3. The van der Waals surface area contributed by atoms with Crippen molar-refractivity contribution in [2.45, 2.75) is 11.8 Å². The summed E-state index contributed by atoms with van der Waals surface area (Å²) in [5.74, 6) is 16.0. The Morgan fingerprint density at radius 3 is 1.96 bits per heavy atom. The molecule has 0 bridgehead atoms. The Morgan fingerprint density at radius 1 is 0.870 bits per heavy atom. The van der Waals surface area contributed by atoms with E-state index < -0.39 is 20.0 Å². The lowest BCUT2D eigenvalue weighted by Gasteiger charge is -2.03. The van der Waals surface area contributed by atoms with Crippen molar-refractivity contribution in [2.75, 3.05) is 5.73 Å². The first-order chi connectivity index (χ1) is 10.8. The lowest BCUT2D eigenvalue weighted by molar-refractivity contribution is 0.582. The van der Waals surface area contributed by atoms with E-state index >= 15 is 0 Å². The summed E-state index contributed by atoms with van der Waals surface area (Å²) < 4.78 is 48.5. The van der Waals surface area contributed by atoms with Gasteiger partial charge in [0.2, 0.25) is 0 Å². The van der Waals surface area contributed by atoms with Gasteiger partial charge >= 0.3 is 0 Å². The first-order valence-corrected chi connectivity index (χ1v) is 8.81. The average Bonchev–Trinajstić information content (AvgIpc) is 2.45. The Hall–Kier alpha value is -2.88. The molecule has 0 heterocycles. The molecule has 6 nitrogen and oxygen atoms in total. The molecular formula is C15H10N2O4S2. The SMILES string of the molecule is CC#CC#CC#CC#CS(=O)(=O)NS(=O)(=O)c1ccc(N)cc1. The van der Waals surface area contributed by atoms with Gasteiger partial charge in [0.1, 0.15) is 0 Å². The molecule has 0 atom stereocenters. The molecule has 3 N–H and O–H groups in total. The minimum Gasteiger partial charge on any atom is -0.399 e. The van der Waals surface area contributed by atoms with Gasteiger partial charge in [0, 0.05) is 17.5 Å². The second-order valence-corrected chi connectivity index (χ2v) is 7.12. The zero-order valence-electron chi connectivity index (χ0n) is 11.8. The molecule has 8 heteroatoms. The number of hydrogen-bond acceptors (Lipinski definition) is 5. The predicted octanol–water partition coefficient (Wildman–Crippen LogP) is -0.132. The summed E-state index contributed by atoms with van der Waals surface area (Å²) in [5.41, 5.74) is 5.77. The third-order valence-corrected chi connectivity index (χ3v) is 5.05. The number of benzene rings is 1. The highest BCUT2D eigenvalue weighted by atomic mass is 32.3. The number of nitrogen functional groups attached to an aromatic ring is 1. The Kier molecular flexibility index (Phi) is 6.27. The largest absolute Gasteiger partial charge is 0.399 e. The molecule has 0 aromatic heterocycles. The number of rotatable bonds is 3. The zero-order valence-corrected chi connectivity index (χ0v) is 13.5. The summed E-state index contributed by atoms with van der Waals surface area (Å²) in [5, 5.41) is 1.72. The molecule has 0 fully saturated rings. The highest BCUT2D eigenvalue weighted by Crippen LogP contribution is 2.11. The molecule has 1 rings (SSSR count). The van der Waals surface area contributed by atoms with Crippen LogP contribution < -0.4 is 9.86 Å². The molecule has 0 saturated heterocycles. The van der Waals surface area contributed by atoms with E-state index in [-0.39, 0.29) is 4.90 Å². The van der Waals surface area contributed by atoms with E-state index in [2.05, 4.69) is 35.5 Å². The molecule has 0 aliphatic rings. The van der Waals surface area contributed by atoms with Gasteiger partial charge in [-0.2, -0.15) is 8.42 Å². The maximum Gasteiger partial charge on any atom is 0.294 e. The summed E-state index contributed by atoms with van der Waals surface area (Å²) in [6, 6.07) is 5.00. The van der Waals surface area contributed by atoms with Gasteiger partial charge < -0.3 is 5.73 Å². The average molecular weight is 346 g/mol. The Bertz CT molecular complexity index is 1040. The van der Waals surface area contributed by atoms with Crippen molar-refractivity contribution in [1.82, 2.24) is 4.13 Å². The molecule has 0 aliphatic heterocycles. The van der Waals surface area contributed by atoms with Crippen LogP contribution in [0.4, 0.5) is 5.69 Å². The summed E-state index contributed by atoms with van der Waals surface area (Å²) in [6.07, 6.45) is 0. The summed E-state index contributed by atoms with van der Waals surface area (Å²) in [6.45, 7) is 1.60. The first kappa shape index (κ1) is 18.2. The lowest BCUT2D eigenvalue weighted by atomic mass is 10.3. The van der Waals surface area contributed by atoms with Crippen LogP contribution in [0.15, 0.2) is 29.2 Å². The van der Waals surface area contributed by atoms with Crippen LogP contribution in [-0.2, 0) is 20.0 Å². The van der Waals surface area contributed by atoms with Crippen molar-refractivity contribution in [3.63, 3.8) is 0 Å². The number of anilines is 1. The van der Waals surface area contributed by atoms with Crippen molar-refractivity contribution in [1.29, 1.82) is 0 Å². The minimum atomic E-state index is -4.40. The van der Waals surface area contributed by atoms with Crippen LogP contribution in [0.5, 0.6) is 0 Å². The zero-order chi connectivity index (χ0) is 17.3. The van der Waals surface area contributed by atoms with E-state index in [0.29, 0.717) is 5.69 Å². The minimum absolute atomic E-state index is 0.257. The number of nitrogens with two attached hydrogens (primary N) is 1. The molecule has 23 heavy (non-hydrogen) atoms. The fraction of sp³-hybridized carbons (Fsp3) is 0.0667. The van der Waals surface area contributed by atoms with Gasteiger partial charge in [-0.1, -0.05) is 10.0 Å². The van der Waals surface area contributed by atoms with E-state index in [0.717, 1.165) is 0 Å². The molecule has 0 unspecified atom stereocenters. The van der Waals surface area contributed by atoms with Crippen LogP contribution in [0, 0.1) is 46.7 Å². The third kappa shape index (κ3) is 6.61.